The molecule has 33 heavy (non-hydrogen) atoms. The summed E-state index contributed by atoms with van der Waals surface area (Å²) in [4.78, 5) is 16.4. The number of carbonyl (C=O) groups excluding carboxylic acids is 1. The number of hydrogen-bond acceptors (Lipinski definition) is 8. The number of rotatable bonds is 6. The molecule has 0 aliphatic carbocycles. The largest absolute Gasteiger partial charge is 0.485 e. The van der Waals surface area contributed by atoms with Gasteiger partial charge in [0, 0.05) is 12.0 Å². The van der Waals surface area contributed by atoms with Crippen molar-refractivity contribution in [1.29, 1.82) is 0 Å². The zero-order valence-corrected chi connectivity index (χ0v) is 18.8. The molecule has 2 heterocycles. The molecule has 1 aliphatic heterocycles. The summed E-state index contributed by atoms with van der Waals surface area (Å²) in [5.74, 6) is 2.12. The number of aliphatic hydroxyl groups is 1. The van der Waals surface area contributed by atoms with Gasteiger partial charge in [-0.25, -0.2) is 4.79 Å². The second-order valence-electron chi connectivity index (χ2n) is 8.73. The Labute approximate surface area is 191 Å². The van der Waals surface area contributed by atoms with E-state index in [1.54, 1.807) is 20.8 Å². The SMILES string of the molecule is CC(C)(C)OC(=O)N[C@H](CO)Cc1nc(-c2cccc([C@H]3COc4ccccc4O3)c2)no1. The highest BCUT2D eigenvalue weighted by Gasteiger charge is 2.24. The predicted molar refractivity (Wildman–Crippen MR) is 119 cm³/mol. The van der Waals surface area contributed by atoms with E-state index in [-0.39, 0.29) is 25.0 Å². The van der Waals surface area contributed by atoms with Crippen LogP contribution in [-0.2, 0) is 11.2 Å². The Morgan fingerprint density at radius 1 is 1.21 bits per heavy atom. The van der Waals surface area contributed by atoms with Gasteiger partial charge in [0.15, 0.2) is 17.6 Å². The fraction of sp³-hybridized carbons (Fsp3) is 0.375. The van der Waals surface area contributed by atoms with Crippen LogP contribution in [0.25, 0.3) is 11.4 Å². The van der Waals surface area contributed by atoms with Crippen LogP contribution in [0, 0.1) is 0 Å². The van der Waals surface area contributed by atoms with E-state index in [0.717, 1.165) is 16.9 Å². The number of carbonyl (C=O) groups is 1. The fourth-order valence-corrected chi connectivity index (χ4v) is 3.36. The van der Waals surface area contributed by atoms with Gasteiger partial charge in [0.2, 0.25) is 11.7 Å². The third-order valence-corrected chi connectivity index (χ3v) is 4.86. The summed E-state index contributed by atoms with van der Waals surface area (Å²) >= 11 is 0. The van der Waals surface area contributed by atoms with Gasteiger partial charge in [0.1, 0.15) is 12.2 Å². The van der Waals surface area contributed by atoms with Crippen molar-refractivity contribution in [3.8, 4) is 22.9 Å². The number of aromatic nitrogens is 2. The Kier molecular flexibility index (Phi) is 6.50. The van der Waals surface area contributed by atoms with Crippen LogP contribution in [0.15, 0.2) is 53.1 Å². The maximum absolute atomic E-state index is 12.0. The molecule has 0 fully saturated rings. The maximum Gasteiger partial charge on any atom is 0.407 e. The number of amides is 1. The molecule has 0 bridgehead atoms. The topological polar surface area (TPSA) is 116 Å². The average molecular weight is 453 g/mol. The molecule has 0 saturated carbocycles. The molecule has 0 saturated heterocycles. The van der Waals surface area contributed by atoms with Gasteiger partial charge in [-0.1, -0.05) is 35.5 Å². The molecule has 1 aromatic heterocycles. The Hall–Kier alpha value is -3.59. The summed E-state index contributed by atoms with van der Waals surface area (Å²) in [5, 5.41) is 16.3. The molecule has 4 rings (SSSR count). The van der Waals surface area contributed by atoms with Crippen LogP contribution in [0.4, 0.5) is 4.79 Å². The molecule has 1 aliphatic rings. The number of ether oxygens (including phenoxy) is 3. The van der Waals surface area contributed by atoms with Crippen molar-refractivity contribution in [3.05, 3.63) is 60.0 Å². The molecular weight excluding hydrogens is 426 g/mol. The molecule has 0 unspecified atom stereocenters. The Bertz CT molecular complexity index is 1110. The predicted octanol–water partition coefficient (Wildman–Crippen LogP) is 3.68. The van der Waals surface area contributed by atoms with E-state index in [2.05, 4.69) is 15.5 Å². The van der Waals surface area contributed by atoms with Crippen molar-refractivity contribution >= 4 is 6.09 Å². The van der Waals surface area contributed by atoms with E-state index >= 15 is 0 Å². The van der Waals surface area contributed by atoms with Gasteiger partial charge in [-0.2, -0.15) is 4.98 Å². The summed E-state index contributed by atoms with van der Waals surface area (Å²) in [5.41, 5.74) is 1.04. The van der Waals surface area contributed by atoms with E-state index in [4.69, 9.17) is 18.7 Å². The van der Waals surface area contributed by atoms with Crippen LogP contribution < -0.4 is 14.8 Å². The van der Waals surface area contributed by atoms with E-state index in [9.17, 15) is 9.90 Å². The molecule has 1 amide bonds. The number of benzene rings is 2. The minimum absolute atomic E-state index is 0.165. The van der Waals surface area contributed by atoms with Crippen LogP contribution in [0.3, 0.4) is 0 Å². The summed E-state index contributed by atoms with van der Waals surface area (Å²) in [7, 11) is 0. The van der Waals surface area contributed by atoms with E-state index in [0.29, 0.717) is 18.2 Å². The van der Waals surface area contributed by atoms with Crippen LogP contribution in [-0.4, -0.2) is 46.2 Å². The Balaban J connectivity index is 1.43. The molecule has 174 valence electrons. The lowest BCUT2D eigenvalue weighted by Gasteiger charge is -2.26. The van der Waals surface area contributed by atoms with Gasteiger partial charge in [-0.15, -0.1) is 0 Å². The van der Waals surface area contributed by atoms with Gasteiger partial charge in [-0.05, 0) is 44.5 Å². The molecule has 2 N–H and O–H groups in total. The third kappa shape index (κ3) is 5.81. The third-order valence-electron chi connectivity index (χ3n) is 4.86. The fourth-order valence-electron chi connectivity index (χ4n) is 3.36. The lowest BCUT2D eigenvalue weighted by atomic mass is 10.1. The molecule has 9 heteroatoms. The van der Waals surface area contributed by atoms with Crippen molar-refractivity contribution in [3.63, 3.8) is 0 Å². The smallest absolute Gasteiger partial charge is 0.407 e. The molecule has 3 aromatic rings. The minimum atomic E-state index is -0.637. The number of hydrogen-bond donors (Lipinski definition) is 2. The highest BCUT2D eigenvalue weighted by Crippen LogP contribution is 2.36. The normalized spacial score (nSPS) is 16.2. The second-order valence-corrected chi connectivity index (χ2v) is 8.73. The summed E-state index contributed by atoms with van der Waals surface area (Å²) < 4.78 is 22.5. The Morgan fingerprint density at radius 2 is 2.00 bits per heavy atom. The second kappa shape index (κ2) is 9.50. The first-order chi connectivity index (χ1) is 15.8. The van der Waals surface area contributed by atoms with Gasteiger partial charge >= 0.3 is 6.09 Å². The minimum Gasteiger partial charge on any atom is -0.485 e. The maximum atomic E-state index is 12.0. The van der Waals surface area contributed by atoms with Crippen LogP contribution in [0.5, 0.6) is 11.5 Å². The summed E-state index contributed by atoms with van der Waals surface area (Å²) in [6, 6.07) is 14.6. The first-order valence-electron chi connectivity index (χ1n) is 10.7. The van der Waals surface area contributed by atoms with Crippen molar-refractivity contribution in [2.45, 2.75) is 44.9 Å². The van der Waals surface area contributed by atoms with Gasteiger partial charge in [0.05, 0.1) is 12.6 Å². The molecule has 2 atom stereocenters. The number of fused-ring (bicyclic) bond motifs is 1. The van der Waals surface area contributed by atoms with Gasteiger partial charge in [-0.3, -0.25) is 0 Å². The first kappa shape index (κ1) is 22.6. The summed E-state index contributed by atoms with van der Waals surface area (Å²) in [6.07, 6.45) is -0.716. The molecule has 2 aromatic carbocycles. The monoisotopic (exact) mass is 453 g/mol. The van der Waals surface area contributed by atoms with Crippen molar-refractivity contribution < 1.29 is 28.6 Å². The highest BCUT2D eigenvalue weighted by molar-refractivity contribution is 5.68. The average Bonchev–Trinajstić information content (AvgIpc) is 3.25. The quantitative estimate of drug-likeness (QED) is 0.581. The lowest BCUT2D eigenvalue weighted by molar-refractivity contribution is 0.0480. The standard InChI is InChI=1S/C24H27N3O6/c1-24(2,3)32-23(29)25-17(13-28)12-21-26-22(27-33-21)16-8-6-7-15(11-16)20-14-30-18-9-4-5-10-19(18)31-20/h4-11,17,20,28H,12-14H2,1-3H3,(H,25,29)/t17-,20+/m0/s1. The van der Waals surface area contributed by atoms with Crippen LogP contribution in [0.2, 0.25) is 0 Å². The zero-order valence-electron chi connectivity index (χ0n) is 18.8. The molecule has 0 spiro atoms. The van der Waals surface area contributed by atoms with Crippen molar-refractivity contribution in [2.24, 2.45) is 0 Å². The molecule has 9 nitrogen and oxygen atoms in total. The summed E-state index contributed by atoms with van der Waals surface area (Å²) in [6.45, 7) is 5.39. The van der Waals surface area contributed by atoms with Gasteiger partial charge < -0.3 is 29.2 Å². The van der Waals surface area contributed by atoms with Crippen LogP contribution in [0.1, 0.15) is 38.3 Å². The van der Waals surface area contributed by atoms with Crippen LogP contribution >= 0.6 is 0 Å². The molecule has 0 radical (unpaired) electrons. The number of para-hydroxylation sites is 2. The van der Waals surface area contributed by atoms with Crippen molar-refractivity contribution in [1.82, 2.24) is 15.5 Å². The zero-order chi connectivity index (χ0) is 23.4. The Morgan fingerprint density at radius 3 is 2.76 bits per heavy atom. The highest BCUT2D eigenvalue weighted by atomic mass is 16.6. The first-order valence-corrected chi connectivity index (χ1v) is 10.7. The number of nitrogens with zero attached hydrogens (tertiary/aromatic N) is 2. The number of aliphatic hydroxyl groups excluding tert-OH is 1. The van der Waals surface area contributed by atoms with E-state index < -0.39 is 17.7 Å². The van der Waals surface area contributed by atoms with Crippen molar-refractivity contribution in [2.75, 3.05) is 13.2 Å². The van der Waals surface area contributed by atoms with Gasteiger partial charge in [0.25, 0.3) is 0 Å². The molecular formula is C24H27N3O6. The number of alkyl carbamates (subject to hydrolysis) is 1. The van der Waals surface area contributed by atoms with E-state index in [1.165, 1.54) is 0 Å². The lowest BCUT2D eigenvalue weighted by Crippen LogP contribution is -2.42. The van der Waals surface area contributed by atoms with E-state index in [1.807, 2.05) is 48.5 Å². The number of nitrogens with one attached hydrogen (secondary N) is 1.